The van der Waals surface area contributed by atoms with Crippen molar-refractivity contribution in [1.29, 1.82) is 0 Å². The first-order chi connectivity index (χ1) is 5.55. The van der Waals surface area contributed by atoms with Gasteiger partial charge in [-0.3, -0.25) is 0 Å². The first kappa shape index (κ1) is 13.5. The van der Waals surface area contributed by atoms with Gasteiger partial charge in [0, 0.05) is 0 Å². The highest BCUT2D eigenvalue weighted by Gasteiger charge is 2.40. The Morgan fingerprint density at radius 3 is 1.23 bits per heavy atom. The van der Waals surface area contributed by atoms with Crippen molar-refractivity contribution in [3.05, 3.63) is 0 Å². The van der Waals surface area contributed by atoms with Crippen molar-refractivity contribution >= 4 is 14.1 Å². The highest BCUT2D eigenvalue weighted by atomic mass is 27.2. The van der Waals surface area contributed by atoms with Crippen molar-refractivity contribution in [2.45, 2.75) is 69.2 Å². The lowest BCUT2D eigenvalue weighted by molar-refractivity contribution is 0.604. The molecule has 0 fully saturated rings. The van der Waals surface area contributed by atoms with E-state index in [1.165, 1.54) is 5.28 Å². The molecule has 0 aromatic heterocycles. The first-order valence-electron chi connectivity index (χ1n) is 5.55. The van der Waals surface area contributed by atoms with Gasteiger partial charge in [-0.15, -0.1) is 0 Å². The third-order valence-electron chi connectivity index (χ3n) is 2.80. The summed E-state index contributed by atoms with van der Waals surface area (Å²) in [7, 11) is 0. The fraction of sp³-hybridized carbons (Fsp3) is 1.00. The van der Waals surface area contributed by atoms with Crippen LogP contribution in [0.3, 0.4) is 0 Å². The van der Waals surface area contributed by atoms with Gasteiger partial charge in [0.15, 0.2) is 0 Å². The average Bonchev–Trinajstić information content (AvgIpc) is 1.77. The lowest BCUT2D eigenvalue weighted by atomic mass is 10.2. The van der Waals surface area contributed by atoms with Crippen LogP contribution in [0.4, 0.5) is 0 Å². The molecule has 0 atom stereocenters. The second kappa shape index (κ2) is 4.37. The van der Waals surface area contributed by atoms with Gasteiger partial charge in [-0.1, -0.05) is 75.1 Å². The quantitative estimate of drug-likeness (QED) is 0.562. The molecule has 0 saturated carbocycles. The molecule has 0 amide bonds. The van der Waals surface area contributed by atoms with Gasteiger partial charge in [0.25, 0.3) is 14.1 Å². The first-order valence-corrected chi connectivity index (χ1v) is 7.52. The Hall–Kier alpha value is 0.532. The molecule has 0 nitrogen and oxygen atoms in total. The minimum atomic E-state index is -0.668. The topological polar surface area (TPSA) is 0 Å². The summed E-state index contributed by atoms with van der Waals surface area (Å²) < 4.78 is 1.14. The second-order valence-electron chi connectivity index (χ2n) is 6.91. The van der Waals surface area contributed by atoms with Crippen LogP contribution in [0.15, 0.2) is 0 Å². The van der Waals surface area contributed by atoms with Gasteiger partial charge in [-0.2, -0.15) is 0 Å². The molecular weight excluding hydrogens is 171 g/mol. The second-order valence-corrected chi connectivity index (χ2v) is 12.0. The Morgan fingerprint density at radius 1 is 0.846 bits per heavy atom. The smallest absolute Gasteiger partial charge is 0.0909 e. The molecule has 0 aliphatic carbocycles. The highest BCUT2D eigenvalue weighted by Crippen LogP contribution is 2.44. The van der Waals surface area contributed by atoms with E-state index in [1.807, 2.05) is 0 Å². The van der Waals surface area contributed by atoms with Gasteiger partial charge in [-0.05, 0) is 0 Å². The minimum Gasteiger partial charge on any atom is -0.0909 e. The number of rotatable bonds is 2. The predicted octanol–water partition coefficient (Wildman–Crippen LogP) is 4.74. The third-order valence-corrected chi connectivity index (χ3v) is 8.39. The molecule has 78 valence electrons. The molecular formula is C12H27Al. The van der Waals surface area contributed by atoms with Gasteiger partial charge >= 0.3 is 0 Å². The molecule has 0 N–H and O–H groups in total. The molecule has 1 heteroatoms. The van der Waals surface area contributed by atoms with Crippen LogP contribution in [0.2, 0.25) is 13.8 Å². The fourth-order valence-corrected chi connectivity index (χ4v) is 7.43. The largest absolute Gasteiger partial charge is 0.274 e. The zero-order valence-corrected chi connectivity index (χ0v) is 12.0. The summed E-state index contributed by atoms with van der Waals surface area (Å²) in [5.41, 5.74) is 0. The van der Waals surface area contributed by atoms with Crippen LogP contribution in [0.1, 0.15) is 55.4 Å². The molecule has 0 aromatic rings. The van der Waals surface area contributed by atoms with Gasteiger partial charge < -0.3 is 0 Å². The number of hydrogen-bond donors (Lipinski definition) is 0. The van der Waals surface area contributed by atoms with E-state index in [9.17, 15) is 0 Å². The Bertz CT molecular complexity index is 131. The maximum Gasteiger partial charge on any atom is 0.274 e. The summed E-state index contributed by atoms with van der Waals surface area (Å²) in [6.45, 7) is 19.3. The Morgan fingerprint density at radius 2 is 1.15 bits per heavy atom. The van der Waals surface area contributed by atoms with E-state index in [4.69, 9.17) is 0 Å². The zero-order chi connectivity index (χ0) is 10.9. The van der Waals surface area contributed by atoms with Crippen molar-refractivity contribution in [3.8, 4) is 0 Å². The van der Waals surface area contributed by atoms with Crippen LogP contribution in [0.5, 0.6) is 0 Å². The lowest BCUT2D eigenvalue weighted by Gasteiger charge is -2.37. The summed E-state index contributed by atoms with van der Waals surface area (Å²) >= 11 is -0.668. The van der Waals surface area contributed by atoms with Crippen molar-refractivity contribution in [2.75, 3.05) is 0 Å². The van der Waals surface area contributed by atoms with Gasteiger partial charge in [-0.25, -0.2) is 0 Å². The Balaban J connectivity index is 4.58. The monoisotopic (exact) mass is 198 g/mol. The molecule has 0 aliphatic rings. The molecule has 0 rings (SSSR count). The molecule has 0 heterocycles. The minimum absolute atomic E-state index is 0.572. The molecule has 0 aromatic carbocycles. The van der Waals surface area contributed by atoms with E-state index >= 15 is 0 Å². The maximum atomic E-state index is 2.43. The summed E-state index contributed by atoms with van der Waals surface area (Å²) in [4.78, 5) is 0. The normalized spacial score (nSPS) is 13.6. The van der Waals surface area contributed by atoms with Gasteiger partial charge in [0.2, 0.25) is 0 Å². The lowest BCUT2D eigenvalue weighted by Crippen LogP contribution is -2.36. The Labute approximate surface area is 89.5 Å². The maximum absolute atomic E-state index is 2.43. The van der Waals surface area contributed by atoms with E-state index in [2.05, 4.69) is 55.4 Å². The Kier molecular flexibility index (Phi) is 4.55. The van der Waals surface area contributed by atoms with Crippen molar-refractivity contribution in [1.82, 2.24) is 0 Å². The van der Waals surface area contributed by atoms with Gasteiger partial charge in [0.05, 0.1) is 0 Å². The van der Waals surface area contributed by atoms with E-state index in [0.29, 0.717) is 8.55 Å². The molecule has 0 aliphatic heterocycles. The molecule has 0 bridgehead atoms. The van der Waals surface area contributed by atoms with E-state index in [1.54, 1.807) is 0 Å². The fourth-order valence-electron chi connectivity index (χ4n) is 2.48. The van der Waals surface area contributed by atoms with Crippen LogP contribution >= 0.6 is 0 Å². The SMILES string of the molecule is CC(C)[CH2][Al]([C](C)(C)C)[C](C)(C)C. The summed E-state index contributed by atoms with van der Waals surface area (Å²) in [5, 5.41) is 1.48. The molecule has 0 saturated heterocycles. The van der Waals surface area contributed by atoms with Crippen LogP contribution in [0, 0.1) is 5.92 Å². The van der Waals surface area contributed by atoms with Crippen molar-refractivity contribution in [2.24, 2.45) is 5.92 Å². The van der Waals surface area contributed by atoms with Crippen molar-refractivity contribution < 1.29 is 0 Å². The van der Waals surface area contributed by atoms with E-state index in [0.717, 1.165) is 5.92 Å². The van der Waals surface area contributed by atoms with E-state index in [-0.39, 0.29) is 0 Å². The summed E-state index contributed by atoms with van der Waals surface area (Å²) in [6, 6.07) is 0. The standard InChI is InChI=1S/3C4H9.Al/c3*1-4(2)3;/h2*1-3H3;4H,1H2,2-3H3;. The van der Waals surface area contributed by atoms with Crippen LogP contribution in [-0.2, 0) is 0 Å². The summed E-state index contributed by atoms with van der Waals surface area (Å²) in [6.07, 6.45) is 0. The predicted molar refractivity (Wildman–Crippen MR) is 64.8 cm³/mol. The van der Waals surface area contributed by atoms with Crippen molar-refractivity contribution in [3.63, 3.8) is 0 Å². The number of hydrogen-bond acceptors (Lipinski definition) is 0. The average molecular weight is 198 g/mol. The summed E-state index contributed by atoms with van der Waals surface area (Å²) in [5.74, 6) is 0.870. The van der Waals surface area contributed by atoms with Crippen LogP contribution in [-0.4, -0.2) is 14.1 Å². The molecule has 0 unspecified atom stereocenters. The highest BCUT2D eigenvalue weighted by molar-refractivity contribution is 6.65. The zero-order valence-electron chi connectivity index (χ0n) is 10.9. The molecule has 0 radical (unpaired) electrons. The molecule has 0 spiro atoms. The van der Waals surface area contributed by atoms with Crippen LogP contribution < -0.4 is 0 Å². The van der Waals surface area contributed by atoms with E-state index < -0.39 is 14.1 Å². The van der Waals surface area contributed by atoms with Gasteiger partial charge in [0.1, 0.15) is 0 Å². The third kappa shape index (κ3) is 5.09. The van der Waals surface area contributed by atoms with Crippen LogP contribution in [0.25, 0.3) is 0 Å². The molecule has 13 heavy (non-hydrogen) atoms.